The molecule has 0 saturated carbocycles. The maximum absolute atomic E-state index is 13.0. The van der Waals surface area contributed by atoms with Gasteiger partial charge in [-0.1, -0.05) is 23.1 Å². The molecular weight excluding hydrogens is 375 g/mol. The van der Waals surface area contributed by atoms with Gasteiger partial charge in [-0.15, -0.1) is 10.2 Å². The van der Waals surface area contributed by atoms with Crippen molar-refractivity contribution in [3.8, 4) is 11.5 Å². The third-order valence-corrected chi connectivity index (χ3v) is 5.95. The van der Waals surface area contributed by atoms with Crippen molar-refractivity contribution in [3.63, 3.8) is 0 Å². The lowest BCUT2D eigenvalue weighted by molar-refractivity contribution is 0.120. The highest BCUT2D eigenvalue weighted by Gasteiger charge is 2.16. The number of anilines is 1. The molecular formula is C17H17FN4O2S2. The maximum Gasteiger partial charge on any atom is 0.226 e. The summed E-state index contributed by atoms with van der Waals surface area (Å²) in [5.41, 5.74) is 1.55. The van der Waals surface area contributed by atoms with Crippen LogP contribution in [-0.4, -0.2) is 34.4 Å². The summed E-state index contributed by atoms with van der Waals surface area (Å²) < 4.78 is 24.9. The SMILES string of the molecule is Fc1ccc(-c2nc(CSc3nnc(NCC4CCCO4)s3)co2)cc1. The molecule has 1 unspecified atom stereocenters. The number of hydrogen-bond donors (Lipinski definition) is 1. The number of aromatic nitrogens is 3. The van der Waals surface area contributed by atoms with Crippen LogP contribution in [0.2, 0.25) is 0 Å². The molecule has 4 rings (SSSR count). The van der Waals surface area contributed by atoms with Crippen molar-refractivity contribution in [3.05, 3.63) is 42.0 Å². The summed E-state index contributed by atoms with van der Waals surface area (Å²) in [7, 11) is 0. The van der Waals surface area contributed by atoms with Crippen LogP contribution >= 0.6 is 23.1 Å². The quantitative estimate of drug-likeness (QED) is 0.604. The Hall–Kier alpha value is -1.97. The minimum atomic E-state index is -0.281. The monoisotopic (exact) mass is 392 g/mol. The van der Waals surface area contributed by atoms with Gasteiger partial charge < -0.3 is 14.5 Å². The van der Waals surface area contributed by atoms with Crippen LogP contribution in [0.3, 0.4) is 0 Å². The first-order chi connectivity index (χ1) is 12.8. The first-order valence-corrected chi connectivity index (χ1v) is 10.1. The van der Waals surface area contributed by atoms with Gasteiger partial charge in [-0.05, 0) is 37.1 Å². The second-order valence-electron chi connectivity index (χ2n) is 5.83. The maximum atomic E-state index is 13.0. The van der Waals surface area contributed by atoms with E-state index >= 15 is 0 Å². The lowest BCUT2D eigenvalue weighted by Crippen LogP contribution is -2.18. The van der Waals surface area contributed by atoms with Gasteiger partial charge in [0.1, 0.15) is 12.1 Å². The number of halogens is 1. The summed E-state index contributed by atoms with van der Waals surface area (Å²) in [6.45, 7) is 1.62. The van der Waals surface area contributed by atoms with Gasteiger partial charge in [-0.3, -0.25) is 0 Å². The minimum absolute atomic E-state index is 0.273. The molecule has 1 aliphatic rings. The number of thioether (sulfide) groups is 1. The lowest BCUT2D eigenvalue weighted by Gasteiger charge is -2.08. The van der Waals surface area contributed by atoms with E-state index in [2.05, 4.69) is 20.5 Å². The molecule has 1 aliphatic heterocycles. The van der Waals surface area contributed by atoms with Crippen LogP contribution < -0.4 is 5.32 Å². The zero-order valence-electron chi connectivity index (χ0n) is 13.9. The summed E-state index contributed by atoms with van der Waals surface area (Å²) in [4.78, 5) is 4.43. The normalized spacial score (nSPS) is 16.9. The summed E-state index contributed by atoms with van der Waals surface area (Å²) in [6.07, 6.45) is 4.11. The zero-order chi connectivity index (χ0) is 17.8. The topological polar surface area (TPSA) is 73.1 Å². The average molecular weight is 392 g/mol. The van der Waals surface area contributed by atoms with E-state index < -0.39 is 0 Å². The number of rotatable bonds is 7. The van der Waals surface area contributed by atoms with Crippen molar-refractivity contribution in [1.29, 1.82) is 0 Å². The fraction of sp³-hybridized carbons (Fsp3) is 0.353. The van der Waals surface area contributed by atoms with Crippen LogP contribution in [0.1, 0.15) is 18.5 Å². The van der Waals surface area contributed by atoms with Crippen LogP contribution in [0.5, 0.6) is 0 Å². The third-order valence-electron chi connectivity index (χ3n) is 3.90. The van der Waals surface area contributed by atoms with Crippen molar-refractivity contribution >= 4 is 28.2 Å². The molecule has 3 aromatic rings. The predicted octanol–water partition coefficient (Wildman–Crippen LogP) is 4.22. The molecule has 1 fully saturated rings. The van der Waals surface area contributed by atoms with E-state index in [-0.39, 0.29) is 11.9 Å². The first kappa shape index (κ1) is 17.4. The van der Waals surface area contributed by atoms with Crippen LogP contribution in [-0.2, 0) is 10.5 Å². The van der Waals surface area contributed by atoms with E-state index in [0.717, 1.165) is 46.7 Å². The van der Waals surface area contributed by atoms with Crippen molar-refractivity contribution in [1.82, 2.24) is 15.2 Å². The molecule has 0 spiro atoms. The number of nitrogens with zero attached hydrogens (tertiary/aromatic N) is 3. The summed E-state index contributed by atoms with van der Waals surface area (Å²) in [5, 5.41) is 12.4. The number of nitrogens with one attached hydrogen (secondary N) is 1. The van der Waals surface area contributed by atoms with Gasteiger partial charge in [0, 0.05) is 24.5 Å². The molecule has 0 amide bonds. The standard InChI is InChI=1S/C17H17FN4O2S2/c18-12-5-3-11(4-6-12)15-20-13(9-24-15)10-25-17-22-21-16(26-17)19-8-14-2-1-7-23-14/h3-6,9,14H,1-2,7-8,10H2,(H,19,21). The van der Waals surface area contributed by atoms with Crippen LogP contribution in [0.4, 0.5) is 9.52 Å². The Bertz CT molecular complexity index is 847. The minimum Gasteiger partial charge on any atom is -0.444 e. The molecule has 1 N–H and O–H groups in total. The number of ether oxygens (including phenoxy) is 1. The second kappa shape index (κ2) is 8.15. The van der Waals surface area contributed by atoms with E-state index in [1.54, 1.807) is 30.2 Å². The van der Waals surface area contributed by atoms with E-state index in [9.17, 15) is 4.39 Å². The molecule has 2 aromatic heterocycles. The first-order valence-electron chi connectivity index (χ1n) is 8.28. The van der Waals surface area contributed by atoms with Crippen LogP contribution in [0, 0.1) is 5.82 Å². The average Bonchev–Trinajstić information content (AvgIpc) is 3.40. The number of hydrogen-bond acceptors (Lipinski definition) is 8. The van der Waals surface area contributed by atoms with E-state index in [0.29, 0.717) is 11.6 Å². The number of benzene rings is 1. The molecule has 0 radical (unpaired) electrons. The van der Waals surface area contributed by atoms with Gasteiger partial charge in [0.05, 0.1) is 11.8 Å². The molecule has 26 heavy (non-hydrogen) atoms. The van der Waals surface area contributed by atoms with Gasteiger partial charge in [0.25, 0.3) is 0 Å². The summed E-state index contributed by atoms with van der Waals surface area (Å²) in [6, 6.07) is 6.07. The third kappa shape index (κ3) is 4.40. The molecule has 1 atom stereocenters. The van der Waals surface area contributed by atoms with E-state index in [1.165, 1.54) is 23.5 Å². The second-order valence-corrected chi connectivity index (χ2v) is 8.03. The number of oxazole rings is 1. The largest absolute Gasteiger partial charge is 0.444 e. The van der Waals surface area contributed by atoms with Crippen molar-refractivity contribution in [2.45, 2.75) is 29.0 Å². The molecule has 1 saturated heterocycles. The Morgan fingerprint density at radius 2 is 2.15 bits per heavy atom. The Morgan fingerprint density at radius 3 is 2.96 bits per heavy atom. The molecule has 0 aliphatic carbocycles. The smallest absolute Gasteiger partial charge is 0.226 e. The Balaban J connectivity index is 1.29. The summed E-state index contributed by atoms with van der Waals surface area (Å²) >= 11 is 3.07. The van der Waals surface area contributed by atoms with Gasteiger partial charge in [-0.25, -0.2) is 9.37 Å². The Kier molecular flexibility index (Phi) is 5.47. The highest BCUT2D eigenvalue weighted by atomic mass is 32.2. The van der Waals surface area contributed by atoms with E-state index in [1.807, 2.05) is 0 Å². The fourth-order valence-electron chi connectivity index (χ4n) is 2.58. The van der Waals surface area contributed by atoms with Gasteiger partial charge in [-0.2, -0.15) is 0 Å². The van der Waals surface area contributed by atoms with Crippen molar-refractivity contribution in [2.24, 2.45) is 0 Å². The van der Waals surface area contributed by atoms with Crippen LogP contribution in [0.15, 0.2) is 39.3 Å². The molecule has 6 nitrogen and oxygen atoms in total. The van der Waals surface area contributed by atoms with Gasteiger partial charge in [0.15, 0.2) is 4.34 Å². The van der Waals surface area contributed by atoms with Crippen LogP contribution in [0.25, 0.3) is 11.5 Å². The van der Waals surface area contributed by atoms with E-state index in [4.69, 9.17) is 9.15 Å². The molecule has 136 valence electrons. The Labute approximate surface area is 158 Å². The lowest BCUT2D eigenvalue weighted by atomic mass is 10.2. The summed E-state index contributed by atoms with van der Waals surface area (Å²) in [5.74, 6) is 0.832. The van der Waals surface area contributed by atoms with Crippen molar-refractivity contribution < 1.29 is 13.5 Å². The molecule has 9 heteroatoms. The fourth-order valence-corrected chi connectivity index (χ4v) is 4.22. The molecule has 0 bridgehead atoms. The van der Waals surface area contributed by atoms with Gasteiger partial charge >= 0.3 is 0 Å². The van der Waals surface area contributed by atoms with Gasteiger partial charge in [0.2, 0.25) is 11.0 Å². The molecule has 1 aromatic carbocycles. The predicted molar refractivity (Wildman–Crippen MR) is 98.8 cm³/mol. The molecule has 3 heterocycles. The van der Waals surface area contributed by atoms with Crippen molar-refractivity contribution in [2.75, 3.05) is 18.5 Å². The zero-order valence-corrected chi connectivity index (χ0v) is 15.5. The Morgan fingerprint density at radius 1 is 1.27 bits per heavy atom. The highest BCUT2D eigenvalue weighted by molar-refractivity contribution is 8.00. The highest BCUT2D eigenvalue weighted by Crippen LogP contribution is 2.29.